The number of halogens is 6. The van der Waals surface area contributed by atoms with Crippen molar-refractivity contribution in [2.75, 3.05) is 5.32 Å². The highest BCUT2D eigenvalue weighted by Crippen LogP contribution is 2.37. The van der Waals surface area contributed by atoms with Crippen LogP contribution in [-0.2, 0) is 17.1 Å². The van der Waals surface area contributed by atoms with Gasteiger partial charge in [0.1, 0.15) is 0 Å². The van der Waals surface area contributed by atoms with Crippen LogP contribution in [0.2, 0.25) is 0 Å². The molecule has 1 atom stereocenters. The molecule has 8 heteroatoms. The van der Waals surface area contributed by atoms with Gasteiger partial charge in [-0.2, -0.15) is 26.3 Å². The normalized spacial score (nSPS) is 13.9. The Balaban J connectivity index is 3.23. The molecule has 0 radical (unpaired) electrons. The molecule has 0 aromatic heterocycles. The maximum atomic E-state index is 12.6. The molecule has 0 aliphatic carbocycles. The lowest BCUT2D eigenvalue weighted by Crippen LogP contribution is -2.21. The van der Waals surface area contributed by atoms with Crippen LogP contribution >= 0.6 is 0 Å². The molecule has 1 aromatic rings. The molecule has 2 nitrogen and oxygen atoms in total. The van der Waals surface area contributed by atoms with Crippen LogP contribution in [0.15, 0.2) is 18.2 Å². The summed E-state index contributed by atoms with van der Waals surface area (Å²) in [5, 5.41) is 2.08. The largest absolute Gasteiger partial charge is 0.416 e. The van der Waals surface area contributed by atoms with E-state index in [1.807, 2.05) is 0 Å². The number of carbonyl (C=O) groups is 1. The quantitative estimate of drug-likeness (QED) is 0.805. The third-order valence-electron chi connectivity index (χ3n) is 2.92. The van der Waals surface area contributed by atoms with E-state index < -0.39 is 41.0 Å². The molecular weight excluding hydrogens is 300 g/mol. The van der Waals surface area contributed by atoms with Crippen LogP contribution in [0, 0.1) is 5.92 Å². The van der Waals surface area contributed by atoms with Crippen molar-refractivity contribution in [1.29, 1.82) is 0 Å². The van der Waals surface area contributed by atoms with E-state index >= 15 is 0 Å². The first kappa shape index (κ1) is 17.3. The van der Waals surface area contributed by atoms with Crippen LogP contribution in [0.1, 0.15) is 31.4 Å². The number of hydrogen-bond donors (Lipinski definition) is 1. The first-order chi connectivity index (χ1) is 9.45. The SMILES string of the molecule is CCC(C)C(=O)Nc1cc(C(F)(F)F)cc(C(F)(F)F)c1. The van der Waals surface area contributed by atoms with Gasteiger partial charge >= 0.3 is 12.4 Å². The Kier molecular flexibility index (Phi) is 4.91. The van der Waals surface area contributed by atoms with Gasteiger partial charge in [-0.1, -0.05) is 13.8 Å². The monoisotopic (exact) mass is 313 g/mol. The fourth-order valence-electron chi connectivity index (χ4n) is 1.48. The lowest BCUT2D eigenvalue weighted by Gasteiger charge is -2.16. The van der Waals surface area contributed by atoms with Crippen LogP contribution in [0.3, 0.4) is 0 Å². The molecule has 0 spiro atoms. The van der Waals surface area contributed by atoms with Crippen LogP contribution in [-0.4, -0.2) is 5.91 Å². The molecular formula is C13H13F6NO. The molecule has 1 amide bonds. The van der Waals surface area contributed by atoms with Crippen molar-refractivity contribution in [1.82, 2.24) is 0 Å². The third-order valence-corrected chi connectivity index (χ3v) is 2.92. The summed E-state index contributed by atoms with van der Waals surface area (Å²) in [4.78, 5) is 11.6. The number of benzene rings is 1. The highest BCUT2D eigenvalue weighted by atomic mass is 19.4. The molecule has 1 aromatic carbocycles. The Hall–Kier alpha value is -1.73. The number of alkyl halides is 6. The maximum Gasteiger partial charge on any atom is 0.416 e. The Labute approximate surface area is 117 Å². The Morgan fingerprint density at radius 2 is 1.48 bits per heavy atom. The predicted octanol–water partition coefficient (Wildman–Crippen LogP) is 4.71. The standard InChI is InChI=1S/C13H13F6NO/c1-3-7(2)11(21)20-10-5-8(12(14,15)16)4-9(6-10)13(17,18)19/h4-7H,3H2,1-2H3,(H,20,21). The Bertz CT molecular complexity index is 488. The summed E-state index contributed by atoms with van der Waals surface area (Å²) in [6.07, 6.45) is -9.45. The molecule has 0 saturated carbocycles. The minimum Gasteiger partial charge on any atom is -0.326 e. The zero-order chi connectivity index (χ0) is 16.4. The summed E-state index contributed by atoms with van der Waals surface area (Å²) < 4.78 is 75.7. The van der Waals surface area contributed by atoms with Gasteiger partial charge in [0.25, 0.3) is 0 Å². The fourth-order valence-corrected chi connectivity index (χ4v) is 1.48. The summed E-state index contributed by atoms with van der Waals surface area (Å²) in [7, 11) is 0. The van der Waals surface area contributed by atoms with E-state index in [2.05, 4.69) is 5.32 Å². The zero-order valence-corrected chi connectivity index (χ0v) is 11.2. The van der Waals surface area contributed by atoms with E-state index in [1.54, 1.807) is 6.92 Å². The summed E-state index contributed by atoms with van der Waals surface area (Å²) in [6.45, 7) is 3.20. The Morgan fingerprint density at radius 1 is 1.05 bits per heavy atom. The van der Waals surface area contributed by atoms with Crippen LogP contribution < -0.4 is 5.32 Å². The van der Waals surface area contributed by atoms with Gasteiger partial charge in [0.05, 0.1) is 11.1 Å². The number of anilines is 1. The van der Waals surface area contributed by atoms with E-state index in [-0.39, 0.29) is 6.07 Å². The van der Waals surface area contributed by atoms with E-state index in [0.717, 1.165) is 0 Å². The lowest BCUT2D eigenvalue weighted by molar-refractivity contribution is -0.143. The molecule has 118 valence electrons. The molecule has 21 heavy (non-hydrogen) atoms. The highest BCUT2D eigenvalue weighted by Gasteiger charge is 2.37. The number of amides is 1. The van der Waals surface area contributed by atoms with Gasteiger partial charge < -0.3 is 5.32 Å². The number of nitrogens with one attached hydrogen (secondary N) is 1. The lowest BCUT2D eigenvalue weighted by atomic mass is 10.1. The van der Waals surface area contributed by atoms with Crippen molar-refractivity contribution >= 4 is 11.6 Å². The maximum absolute atomic E-state index is 12.6. The van der Waals surface area contributed by atoms with Gasteiger partial charge in [-0.3, -0.25) is 4.79 Å². The third kappa shape index (κ3) is 4.64. The summed E-state index contributed by atoms with van der Waals surface area (Å²) in [5.74, 6) is -1.15. The van der Waals surface area contributed by atoms with Crippen molar-refractivity contribution in [3.05, 3.63) is 29.3 Å². The summed E-state index contributed by atoms with van der Waals surface area (Å²) in [6, 6.07) is 0.976. The molecule has 0 heterocycles. The first-order valence-electron chi connectivity index (χ1n) is 6.05. The highest BCUT2D eigenvalue weighted by molar-refractivity contribution is 5.92. The van der Waals surface area contributed by atoms with Crippen molar-refractivity contribution < 1.29 is 31.1 Å². The molecule has 1 unspecified atom stereocenters. The second-order valence-electron chi connectivity index (χ2n) is 4.59. The molecule has 0 aliphatic rings. The molecule has 1 N–H and O–H groups in total. The molecule has 0 bridgehead atoms. The average Bonchev–Trinajstić information content (AvgIpc) is 2.35. The van der Waals surface area contributed by atoms with E-state index in [0.29, 0.717) is 18.6 Å². The van der Waals surface area contributed by atoms with E-state index in [9.17, 15) is 31.1 Å². The van der Waals surface area contributed by atoms with E-state index in [4.69, 9.17) is 0 Å². The molecule has 0 aliphatic heterocycles. The topological polar surface area (TPSA) is 29.1 Å². The fraction of sp³-hybridized carbons (Fsp3) is 0.462. The van der Waals surface area contributed by atoms with Gasteiger partial charge in [0, 0.05) is 11.6 Å². The second kappa shape index (κ2) is 5.95. The van der Waals surface area contributed by atoms with Crippen LogP contribution in [0.4, 0.5) is 32.0 Å². The van der Waals surface area contributed by atoms with E-state index in [1.165, 1.54) is 6.92 Å². The minimum atomic E-state index is -4.93. The molecule has 0 saturated heterocycles. The number of rotatable bonds is 3. The zero-order valence-electron chi connectivity index (χ0n) is 11.2. The van der Waals surface area contributed by atoms with Crippen molar-refractivity contribution in [3.63, 3.8) is 0 Å². The van der Waals surface area contributed by atoms with Gasteiger partial charge in [-0.25, -0.2) is 0 Å². The average molecular weight is 313 g/mol. The molecule has 0 fully saturated rings. The summed E-state index contributed by atoms with van der Waals surface area (Å²) >= 11 is 0. The van der Waals surface area contributed by atoms with Gasteiger partial charge in [0.2, 0.25) is 5.91 Å². The first-order valence-corrected chi connectivity index (χ1v) is 6.05. The second-order valence-corrected chi connectivity index (χ2v) is 4.59. The predicted molar refractivity (Wildman–Crippen MR) is 64.5 cm³/mol. The van der Waals surface area contributed by atoms with Gasteiger partial charge in [0.15, 0.2) is 0 Å². The number of carbonyl (C=O) groups excluding carboxylic acids is 1. The Morgan fingerprint density at radius 3 is 1.81 bits per heavy atom. The van der Waals surface area contributed by atoms with Gasteiger partial charge in [-0.15, -0.1) is 0 Å². The van der Waals surface area contributed by atoms with Crippen molar-refractivity contribution in [2.24, 2.45) is 5.92 Å². The summed E-state index contributed by atoms with van der Waals surface area (Å²) in [5.41, 5.74) is -3.45. The van der Waals surface area contributed by atoms with Crippen LogP contribution in [0.25, 0.3) is 0 Å². The number of hydrogen-bond acceptors (Lipinski definition) is 1. The smallest absolute Gasteiger partial charge is 0.326 e. The van der Waals surface area contributed by atoms with Crippen molar-refractivity contribution in [3.8, 4) is 0 Å². The molecule has 1 rings (SSSR count). The van der Waals surface area contributed by atoms with Crippen molar-refractivity contribution in [2.45, 2.75) is 32.6 Å². The van der Waals surface area contributed by atoms with Crippen LogP contribution in [0.5, 0.6) is 0 Å². The van der Waals surface area contributed by atoms with Gasteiger partial charge in [-0.05, 0) is 24.6 Å². The minimum absolute atomic E-state index is 0.0128.